The molecule has 35 heavy (non-hydrogen) atoms. The second-order valence-corrected chi connectivity index (χ2v) is 7.67. The molecular weight excluding hydrogens is 467 g/mol. The maximum absolute atomic E-state index is 13.9. The van der Waals surface area contributed by atoms with Crippen LogP contribution in [0.2, 0.25) is 0 Å². The summed E-state index contributed by atoms with van der Waals surface area (Å²) >= 11 is 0. The van der Waals surface area contributed by atoms with Crippen molar-refractivity contribution in [3.8, 4) is 5.69 Å². The molecule has 4 nitrogen and oxygen atoms in total. The molecule has 1 N–H and O–H groups in total. The Bertz CT molecular complexity index is 1220. The van der Waals surface area contributed by atoms with E-state index in [2.05, 4.69) is 24.7 Å². The molecular formula is C26H25F5N2O2. The van der Waals surface area contributed by atoms with Crippen LogP contribution >= 0.6 is 0 Å². The van der Waals surface area contributed by atoms with Gasteiger partial charge in [-0.3, -0.25) is 9.36 Å². The van der Waals surface area contributed by atoms with Gasteiger partial charge in [-0.25, -0.2) is 13.8 Å². The van der Waals surface area contributed by atoms with Crippen LogP contribution in [0.25, 0.3) is 17.8 Å². The van der Waals surface area contributed by atoms with Gasteiger partial charge in [0, 0.05) is 13.3 Å². The third kappa shape index (κ3) is 5.24. The molecule has 0 spiro atoms. The van der Waals surface area contributed by atoms with Crippen LogP contribution in [0.5, 0.6) is 0 Å². The topological polar surface area (TPSA) is 55.1 Å². The first-order chi connectivity index (χ1) is 16.3. The van der Waals surface area contributed by atoms with Gasteiger partial charge in [-0.15, -0.1) is 0 Å². The minimum Gasteiger partial charge on any atom is -0.372 e. The molecule has 0 saturated carbocycles. The van der Waals surface area contributed by atoms with E-state index in [1.807, 2.05) is 0 Å². The van der Waals surface area contributed by atoms with Gasteiger partial charge in [-0.05, 0) is 36.3 Å². The molecule has 0 fully saturated rings. The van der Waals surface area contributed by atoms with E-state index in [1.165, 1.54) is 12.2 Å². The van der Waals surface area contributed by atoms with Gasteiger partial charge in [0.05, 0.1) is 16.9 Å². The predicted molar refractivity (Wildman–Crippen MR) is 127 cm³/mol. The maximum Gasteiger partial charge on any atom is 0.427 e. The molecule has 1 heterocycles. The van der Waals surface area contributed by atoms with E-state index < -0.39 is 28.8 Å². The number of allylic oxidation sites excluding steroid dienone is 5. The molecule has 0 aliphatic rings. The molecule has 2 aromatic rings. The molecule has 2 rings (SSSR count). The molecule has 1 atom stereocenters. The van der Waals surface area contributed by atoms with Crippen molar-refractivity contribution in [1.29, 1.82) is 0 Å². The lowest BCUT2D eigenvalue weighted by Gasteiger charge is -2.35. The summed E-state index contributed by atoms with van der Waals surface area (Å²) in [7, 11) is 0. The van der Waals surface area contributed by atoms with E-state index in [-0.39, 0.29) is 36.1 Å². The quantitative estimate of drug-likeness (QED) is 0.337. The Kier molecular flexibility index (Phi) is 8.18. The number of hydrogen-bond donors (Lipinski definition) is 1. The predicted octanol–water partition coefficient (Wildman–Crippen LogP) is 6.15. The summed E-state index contributed by atoms with van der Waals surface area (Å²) in [6.45, 7) is 12.7. The van der Waals surface area contributed by atoms with Crippen molar-refractivity contribution in [3.05, 3.63) is 107 Å². The highest BCUT2D eigenvalue weighted by molar-refractivity contribution is 5.60. The van der Waals surface area contributed by atoms with Crippen molar-refractivity contribution >= 4 is 12.2 Å². The van der Waals surface area contributed by atoms with Crippen molar-refractivity contribution in [3.63, 3.8) is 0 Å². The van der Waals surface area contributed by atoms with E-state index in [4.69, 9.17) is 0 Å². The first-order valence-corrected chi connectivity index (χ1v) is 10.4. The Morgan fingerprint density at radius 3 is 2.11 bits per heavy atom. The van der Waals surface area contributed by atoms with Crippen LogP contribution in [0.15, 0.2) is 78.7 Å². The Morgan fingerprint density at radius 2 is 1.69 bits per heavy atom. The lowest BCUT2D eigenvalue weighted by Crippen LogP contribution is -2.54. The lowest BCUT2D eigenvalue weighted by molar-refractivity contribution is -0.335. The molecule has 9 heteroatoms. The van der Waals surface area contributed by atoms with Crippen LogP contribution in [0, 0.1) is 0 Å². The summed E-state index contributed by atoms with van der Waals surface area (Å²) in [4.78, 5) is 17.8. The van der Waals surface area contributed by atoms with Crippen LogP contribution in [0.4, 0.5) is 22.0 Å². The van der Waals surface area contributed by atoms with Crippen LogP contribution in [0.1, 0.15) is 36.5 Å². The molecule has 0 bridgehead atoms. The third-order valence-electron chi connectivity index (χ3n) is 5.28. The zero-order valence-corrected chi connectivity index (χ0v) is 19.2. The summed E-state index contributed by atoms with van der Waals surface area (Å²) in [6, 6.07) is 3.49. The fourth-order valence-electron chi connectivity index (χ4n) is 3.57. The maximum atomic E-state index is 13.9. The van der Waals surface area contributed by atoms with Crippen LogP contribution < -0.4 is 5.56 Å². The highest BCUT2D eigenvalue weighted by atomic mass is 19.4. The fourth-order valence-corrected chi connectivity index (χ4v) is 3.57. The molecule has 0 amide bonds. The lowest BCUT2D eigenvalue weighted by atomic mass is 9.87. The van der Waals surface area contributed by atoms with Gasteiger partial charge >= 0.3 is 6.18 Å². The number of benzene rings is 1. The second-order valence-electron chi connectivity index (χ2n) is 7.67. The average molecular weight is 492 g/mol. The van der Waals surface area contributed by atoms with E-state index in [1.54, 1.807) is 31.2 Å². The average Bonchev–Trinajstić information content (AvgIpc) is 2.77. The minimum atomic E-state index is -5.66. The summed E-state index contributed by atoms with van der Waals surface area (Å²) < 4.78 is 69.4. The number of aliphatic hydroxyl groups is 1. The zero-order chi connectivity index (χ0) is 26.6. The summed E-state index contributed by atoms with van der Waals surface area (Å²) in [5.74, 6) is -4.32. The fraction of sp³-hybridized carbons (Fsp3) is 0.231. The molecule has 1 unspecified atom stereocenters. The summed E-state index contributed by atoms with van der Waals surface area (Å²) in [6.07, 6.45) is 3.89. The standard InChI is InChI=1S/C26H25F5N2O2/c1-6-10-17(11-7-2)16-22-32-21(9-4)20(8-3)23(34)33(22)19-14-12-18(13-15-19)25(35,24(5,27)28)26(29,30)31/h6-15,35H,1,3-4,16H2,2,5H3/b11-7-,17-10+. The van der Waals surface area contributed by atoms with Gasteiger partial charge in [-0.1, -0.05) is 62.2 Å². The van der Waals surface area contributed by atoms with E-state index in [0.717, 1.165) is 22.3 Å². The molecule has 0 aliphatic heterocycles. The van der Waals surface area contributed by atoms with Gasteiger partial charge in [0.25, 0.3) is 11.5 Å². The van der Waals surface area contributed by atoms with Gasteiger partial charge in [0.1, 0.15) is 5.82 Å². The smallest absolute Gasteiger partial charge is 0.372 e. The number of rotatable bonds is 9. The Hall–Kier alpha value is -3.59. The number of hydrogen-bond acceptors (Lipinski definition) is 3. The van der Waals surface area contributed by atoms with Crippen molar-refractivity contribution in [1.82, 2.24) is 9.55 Å². The molecule has 0 radical (unpaired) electrons. The van der Waals surface area contributed by atoms with Crippen LogP contribution in [-0.4, -0.2) is 26.8 Å². The third-order valence-corrected chi connectivity index (χ3v) is 5.28. The van der Waals surface area contributed by atoms with Gasteiger partial charge in [-0.2, -0.15) is 13.2 Å². The van der Waals surface area contributed by atoms with Gasteiger partial charge in [0.2, 0.25) is 5.60 Å². The minimum absolute atomic E-state index is 0.0139. The largest absolute Gasteiger partial charge is 0.427 e. The second kappa shape index (κ2) is 10.4. The normalized spacial score (nSPS) is 14.6. The van der Waals surface area contributed by atoms with Gasteiger partial charge in [0.15, 0.2) is 0 Å². The monoisotopic (exact) mass is 492 g/mol. The molecule has 0 saturated heterocycles. The van der Waals surface area contributed by atoms with Crippen LogP contribution in [-0.2, 0) is 12.0 Å². The van der Waals surface area contributed by atoms with Crippen molar-refractivity contribution in [2.24, 2.45) is 0 Å². The zero-order valence-electron chi connectivity index (χ0n) is 19.2. The molecule has 0 aliphatic carbocycles. The van der Waals surface area contributed by atoms with E-state index in [9.17, 15) is 31.9 Å². The molecule has 1 aromatic carbocycles. The van der Waals surface area contributed by atoms with E-state index in [0.29, 0.717) is 12.1 Å². The highest BCUT2D eigenvalue weighted by Gasteiger charge is 2.67. The highest BCUT2D eigenvalue weighted by Crippen LogP contribution is 2.49. The number of aromatic nitrogens is 2. The Morgan fingerprint density at radius 1 is 1.09 bits per heavy atom. The van der Waals surface area contributed by atoms with E-state index >= 15 is 0 Å². The number of halogens is 5. The van der Waals surface area contributed by atoms with Crippen molar-refractivity contribution in [2.75, 3.05) is 0 Å². The summed E-state index contributed by atoms with van der Waals surface area (Å²) in [5, 5.41) is 10.0. The van der Waals surface area contributed by atoms with Crippen molar-refractivity contribution < 1.29 is 27.1 Å². The molecule has 1 aromatic heterocycles. The van der Waals surface area contributed by atoms with Crippen LogP contribution in [0.3, 0.4) is 0 Å². The number of alkyl halides is 5. The Labute approximate surface area is 199 Å². The first-order valence-electron chi connectivity index (χ1n) is 10.4. The SMILES string of the molecule is C=C/C=C(\C=C/C)Cc1nc(C=C)c(C=C)c(=O)n1-c1ccc(C(O)(C(C)(F)F)C(F)(F)F)cc1. The first kappa shape index (κ1) is 27.7. The van der Waals surface area contributed by atoms with Crippen molar-refractivity contribution in [2.45, 2.75) is 38.0 Å². The summed E-state index contributed by atoms with van der Waals surface area (Å²) in [5.41, 5.74) is -4.95. The Balaban J connectivity index is 2.81. The van der Waals surface area contributed by atoms with Gasteiger partial charge < -0.3 is 5.11 Å². The molecule has 186 valence electrons. The number of nitrogens with zero attached hydrogens (tertiary/aromatic N) is 2.